The number of carbonyl (C=O) groups is 2. The summed E-state index contributed by atoms with van der Waals surface area (Å²) in [6.45, 7) is 0. The summed E-state index contributed by atoms with van der Waals surface area (Å²) in [4.78, 5) is 24.3. The van der Waals surface area contributed by atoms with E-state index in [1.807, 2.05) is 0 Å². The molecule has 0 radical (unpaired) electrons. The second-order valence-electron chi connectivity index (χ2n) is 5.02. The molecular formula is C18H20N2O5. The number of carbonyl (C=O) groups excluding carboxylic acids is 2. The number of methoxy groups -OCH3 is 3. The molecule has 0 fully saturated rings. The van der Waals surface area contributed by atoms with E-state index in [0.717, 1.165) is 0 Å². The van der Waals surface area contributed by atoms with Crippen molar-refractivity contribution in [3.05, 3.63) is 47.5 Å². The maximum atomic E-state index is 12.6. The number of anilines is 1. The van der Waals surface area contributed by atoms with E-state index < -0.39 is 5.91 Å². The Bertz CT molecular complexity index is 789. The van der Waals surface area contributed by atoms with Gasteiger partial charge in [-0.15, -0.1) is 0 Å². The molecule has 2 rings (SSSR count). The van der Waals surface area contributed by atoms with Gasteiger partial charge in [-0.25, -0.2) is 0 Å². The van der Waals surface area contributed by atoms with Crippen LogP contribution in [0.25, 0.3) is 0 Å². The summed E-state index contributed by atoms with van der Waals surface area (Å²) in [6.07, 6.45) is 0. The van der Waals surface area contributed by atoms with Crippen molar-refractivity contribution < 1.29 is 23.8 Å². The van der Waals surface area contributed by atoms with Gasteiger partial charge in [-0.05, 0) is 18.2 Å². The van der Waals surface area contributed by atoms with Crippen LogP contribution in [0.15, 0.2) is 36.4 Å². The van der Waals surface area contributed by atoms with Gasteiger partial charge in [-0.3, -0.25) is 9.59 Å². The molecule has 0 unspecified atom stereocenters. The first kappa shape index (κ1) is 18.1. The first-order valence-corrected chi connectivity index (χ1v) is 7.47. The summed E-state index contributed by atoms with van der Waals surface area (Å²) in [5.74, 6) is 0.578. The van der Waals surface area contributed by atoms with E-state index in [0.29, 0.717) is 28.5 Å². The SMILES string of the molecule is CNC(=O)c1cccc(NC(=O)c2cc(OC)c(OC)cc2OC)c1. The van der Waals surface area contributed by atoms with Gasteiger partial charge in [0.05, 0.1) is 26.9 Å². The first-order valence-electron chi connectivity index (χ1n) is 7.47. The van der Waals surface area contributed by atoms with E-state index in [1.165, 1.54) is 27.4 Å². The third kappa shape index (κ3) is 4.00. The quantitative estimate of drug-likeness (QED) is 0.840. The van der Waals surface area contributed by atoms with Crippen molar-refractivity contribution in [2.75, 3.05) is 33.7 Å². The second-order valence-corrected chi connectivity index (χ2v) is 5.02. The molecule has 0 saturated heterocycles. The monoisotopic (exact) mass is 344 g/mol. The van der Waals surface area contributed by atoms with Crippen LogP contribution in [0.3, 0.4) is 0 Å². The number of ether oxygens (including phenoxy) is 3. The molecule has 7 nitrogen and oxygen atoms in total. The van der Waals surface area contributed by atoms with Crippen molar-refractivity contribution in [1.29, 1.82) is 0 Å². The van der Waals surface area contributed by atoms with Gasteiger partial charge in [-0.1, -0.05) is 6.07 Å². The molecule has 132 valence electrons. The van der Waals surface area contributed by atoms with E-state index in [4.69, 9.17) is 14.2 Å². The van der Waals surface area contributed by atoms with Crippen molar-refractivity contribution in [3.63, 3.8) is 0 Å². The highest BCUT2D eigenvalue weighted by Crippen LogP contribution is 2.34. The predicted octanol–water partition coefficient (Wildman–Crippen LogP) is 2.32. The zero-order valence-corrected chi connectivity index (χ0v) is 14.5. The van der Waals surface area contributed by atoms with Gasteiger partial charge in [0, 0.05) is 30.4 Å². The summed E-state index contributed by atoms with van der Waals surface area (Å²) in [5.41, 5.74) is 1.22. The third-order valence-electron chi connectivity index (χ3n) is 3.56. The smallest absolute Gasteiger partial charge is 0.259 e. The van der Waals surface area contributed by atoms with Gasteiger partial charge in [0.15, 0.2) is 11.5 Å². The highest BCUT2D eigenvalue weighted by molar-refractivity contribution is 6.07. The highest BCUT2D eigenvalue weighted by Gasteiger charge is 2.18. The fourth-order valence-corrected chi connectivity index (χ4v) is 2.29. The molecule has 0 spiro atoms. The van der Waals surface area contributed by atoms with Crippen LogP contribution in [0.2, 0.25) is 0 Å². The lowest BCUT2D eigenvalue weighted by Gasteiger charge is -2.14. The van der Waals surface area contributed by atoms with E-state index >= 15 is 0 Å². The van der Waals surface area contributed by atoms with Crippen LogP contribution in [0.1, 0.15) is 20.7 Å². The Morgan fingerprint density at radius 3 is 2.08 bits per heavy atom. The molecule has 0 atom stereocenters. The number of hydrogen-bond donors (Lipinski definition) is 2. The van der Waals surface area contributed by atoms with Crippen molar-refractivity contribution in [1.82, 2.24) is 5.32 Å². The van der Waals surface area contributed by atoms with Gasteiger partial charge in [0.1, 0.15) is 5.75 Å². The minimum atomic E-state index is -0.396. The van der Waals surface area contributed by atoms with E-state index in [2.05, 4.69) is 10.6 Å². The van der Waals surface area contributed by atoms with Crippen molar-refractivity contribution in [2.24, 2.45) is 0 Å². The molecule has 0 aromatic heterocycles. The second kappa shape index (κ2) is 8.05. The van der Waals surface area contributed by atoms with Crippen LogP contribution in [-0.2, 0) is 0 Å². The molecule has 0 aliphatic heterocycles. The third-order valence-corrected chi connectivity index (χ3v) is 3.56. The van der Waals surface area contributed by atoms with E-state index in [9.17, 15) is 9.59 Å². The molecule has 0 aliphatic carbocycles. The zero-order chi connectivity index (χ0) is 18.4. The lowest BCUT2D eigenvalue weighted by atomic mass is 10.1. The standard InChI is InChI=1S/C18H20N2O5/c1-19-17(21)11-6-5-7-12(8-11)20-18(22)13-9-15(24-3)16(25-4)10-14(13)23-2/h5-10H,1-4H3,(H,19,21)(H,20,22). The summed E-state index contributed by atoms with van der Waals surface area (Å²) in [7, 11) is 5.99. The Morgan fingerprint density at radius 2 is 1.48 bits per heavy atom. The van der Waals surface area contributed by atoms with Crippen molar-refractivity contribution >= 4 is 17.5 Å². The molecule has 2 amide bonds. The Hall–Kier alpha value is -3.22. The predicted molar refractivity (Wildman–Crippen MR) is 93.9 cm³/mol. The maximum Gasteiger partial charge on any atom is 0.259 e. The van der Waals surface area contributed by atoms with E-state index in [1.54, 1.807) is 37.4 Å². The number of benzene rings is 2. The fraction of sp³-hybridized carbons (Fsp3) is 0.222. The minimum Gasteiger partial charge on any atom is -0.496 e. The molecule has 2 aromatic carbocycles. The van der Waals surface area contributed by atoms with Gasteiger partial charge in [0.2, 0.25) is 0 Å². The number of nitrogens with one attached hydrogen (secondary N) is 2. The lowest BCUT2D eigenvalue weighted by Crippen LogP contribution is -2.18. The van der Waals surface area contributed by atoms with Gasteiger partial charge in [0.25, 0.3) is 11.8 Å². The first-order chi connectivity index (χ1) is 12.0. The van der Waals surface area contributed by atoms with Gasteiger partial charge in [-0.2, -0.15) is 0 Å². The molecule has 0 aliphatic rings. The lowest BCUT2D eigenvalue weighted by molar-refractivity contribution is 0.0961. The topological polar surface area (TPSA) is 85.9 Å². The molecule has 0 bridgehead atoms. The van der Waals surface area contributed by atoms with Crippen LogP contribution < -0.4 is 24.8 Å². The molecule has 2 aromatic rings. The summed E-state index contributed by atoms with van der Waals surface area (Å²) in [5, 5.41) is 5.28. The zero-order valence-electron chi connectivity index (χ0n) is 14.5. The van der Waals surface area contributed by atoms with Crippen molar-refractivity contribution in [3.8, 4) is 17.2 Å². The number of rotatable bonds is 6. The number of amides is 2. The Kier molecular flexibility index (Phi) is 5.84. The van der Waals surface area contributed by atoms with Crippen LogP contribution >= 0.6 is 0 Å². The normalized spacial score (nSPS) is 9.92. The molecule has 0 saturated carbocycles. The largest absolute Gasteiger partial charge is 0.496 e. The number of hydrogen-bond acceptors (Lipinski definition) is 5. The Morgan fingerprint density at radius 1 is 0.840 bits per heavy atom. The van der Waals surface area contributed by atoms with Crippen LogP contribution in [0.4, 0.5) is 5.69 Å². The summed E-state index contributed by atoms with van der Waals surface area (Å²) >= 11 is 0. The minimum absolute atomic E-state index is 0.236. The Balaban J connectivity index is 2.33. The average Bonchev–Trinajstić information content (AvgIpc) is 2.66. The highest BCUT2D eigenvalue weighted by atomic mass is 16.5. The molecule has 2 N–H and O–H groups in total. The molecular weight excluding hydrogens is 324 g/mol. The molecule has 25 heavy (non-hydrogen) atoms. The molecule has 7 heteroatoms. The van der Waals surface area contributed by atoms with Crippen LogP contribution in [-0.4, -0.2) is 40.2 Å². The summed E-state index contributed by atoms with van der Waals surface area (Å²) < 4.78 is 15.7. The fourth-order valence-electron chi connectivity index (χ4n) is 2.29. The summed E-state index contributed by atoms with van der Waals surface area (Å²) in [6, 6.07) is 9.74. The van der Waals surface area contributed by atoms with Crippen LogP contribution in [0, 0.1) is 0 Å². The van der Waals surface area contributed by atoms with Gasteiger partial charge >= 0.3 is 0 Å². The molecule has 0 heterocycles. The van der Waals surface area contributed by atoms with Crippen LogP contribution in [0.5, 0.6) is 17.2 Å². The van der Waals surface area contributed by atoms with Gasteiger partial charge < -0.3 is 24.8 Å². The van der Waals surface area contributed by atoms with E-state index in [-0.39, 0.29) is 11.5 Å². The maximum absolute atomic E-state index is 12.6. The van der Waals surface area contributed by atoms with Crippen molar-refractivity contribution in [2.45, 2.75) is 0 Å². The average molecular weight is 344 g/mol. The Labute approximate surface area is 145 Å².